The lowest BCUT2D eigenvalue weighted by atomic mass is 10.1. The van der Waals surface area contributed by atoms with Gasteiger partial charge in [-0.1, -0.05) is 13.0 Å². The van der Waals surface area contributed by atoms with Crippen molar-refractivity contribution in [2.75, 3.05) is 4.72 Å². The van der Waals surface area contributed by atoms with Crippen molar-refractivity contribution < 1.29 is 8.42 Å². The molecule has 0 aliphatic carbocycles. The maximum absolute atomic E-state index is 11.8. The van der Waals surface area contributed by atoms with Crippen LogP contribution in [0, 0.1) is 13.8 Å². The van der Waals surface area contributed by atoms with Crippen molar-refractivity contribution >= 4 is 15.7 Å². The van der Waals surface area contributed by atoms with Gasteiger partial charge in [-0.05, 0) is 50.5 Å². The minimum absolute atomic E-state index is 0.367. The second-order valence-corrected chi connectivity index (χ2v) is 6.26. The van der Waals surface area contributed by atoms with E-state index in [1.165, 1.54) is 0 Å². The Bertz CT molecular complexity index is 466. The van der Waals surface area contributed by atoms with Crippen molar-refractivity contribution in [1.29, 1.82) is 0 Å². The van der Waals surface area contributed by atoms with Crippen LogP contribution in [0.5, 0.6) is 0 Å². The number of hydrogen-bond donors (Lipinski definition) is 1. The van der Waals surface area contributed by atoms with Gasteiger partial charge in [0.15, 0.2) is 0 Å². The number of aryl methyl sites for hydroxylation is 2. The molecule has 0 heterocycles. The molecular formula is C12H19NO2S. The molecule has 16 heavy (non-hydrogen) atoms. The second kappa shape index (κ2) is 4.87. The highest BCUT2D eigenvalue weighted by Gasteiger charge is 2.18. The Kier molecular flexibility index (Phi) is 3.97. The quantitative estimate of drug-likeness (QED) is 0.881. The standard InChI is InChI=1S/C12H19NO2S/c1-5-11(4)16(14,15)13-12-7-6-9(2)10(3)8-12/h6-8,11,13H,5H2,1-4H3/t11-/m1/s1. The van der Waals surface area contributed by atoms with Crippen LogP contribution in [0.25, 0.3) is 0 Å². The molecule has 1 N–H and O–H groups in total. The molecule has 3 nitrogen and oxygen atoms in total. The average molecular weight is 241 g/mol. The largest absolute Gasteiger partial charge is 0.283 e. The van der Waals surface area contributed by atoms with Gasteiger partial charge < -0.3 is 0 Å². The first-order chi connectivity index (χ1) is 7.36. The first-order valence-corrected chi connectivity index (χ1v) is 7.00. The van der Waals surface area contributed by atoms with E-state index in [9.17, 15) is 8.42 Å². The SMILES string of the molecule is CC[C@@H](C)S(=O)(=O)Nc1ccc(C)c(C)c1. The van der Waals surface area contributed by atoms with Gasteiger partial charge in [-0.2, -0.15) is 0 Å². The molecule has 90 valence electrons. The average Bonchev–Trinajstić information content (AvgIpc) is 2.22. The predicted molar refractivity (Wildman–Crippen MR) is 68.2 cm³/mol. The summed E-state index contributed by atoms with van der Waals surface area (Å²) in [5.41, 5.74) is 2.89. The third kappa shape index (κ3) is 2.98. The molecule has 4 heteroatoms. The molecule has 0 spiro atoms. The van der Waals surface area contributed by atoms with Crippen molar-refractivity contribution in [2.24, 2.45) is 0 Å². The zero-order valence-corrected chi connectivity index (χ0v) is 11.1. The monoisotopic (exact) mass is 241 g/mol. The molecule has 0 amide bonds. The Morgan fingerprint density at radius 1 is 1.25 bits per heavy atom. The van der Waals surface area contributed by atoms with E-state index in [1.54, 1.807) is 13.0 Å². The van der Waals surface area contributed by atoms with Crippen LogP contribution < -0.4 is 4.72 Å². The van der Waals surface area contributed by atoms with E-state index >= 15 is 0 Å². The maximum Gasteiger partial charge on any atom is 0.235 e. The summed E-state index contributed by atoms with van der Waals surface area (Å²) >= 11 is 0. The molecular weight excluding hydrogens is 222 g/mol. The van der Waals surface area contributed by atoms with Crippen LogP contribution >= 0.6 is 0 Å². The van der Waals surface area contributed by atoms with E-state index in [4.69, 9.17) is 0 Å². The zero-order chi connectivity index (χ0) is 12.3. The van der Waals surface area contributed by atoms with Crippen molar-refractivity contribution in [2.45, 2.75) is 39.4 Å². The highest BCUT2D eigenvalue weighted by Crippen LogP contribution is 2.17. The molecule has 0 radical (unpaired) electrons. The minimum Gasteiger partial charge on any atom is -0.283 e. The normalized spacial score (nSPS) is 13.5. The highest BCUT2D eigenvalue weighted by atomic mass is 32.2. The summed E-state index contributed by atoms with van der Waals surface area (Å²) in [6.45, 7) is 7.55. The Hall–Kier alpha value is -1.03. The Balaban J connectivity index is 2.93. The van der Waals surface area contributed by atoms with Crippen LogP contribution in [0.3, 0.4) is 0 Å². The summed E-state index contributed by atoms with van der Waals surface area (Å²) in [7, 11) is -3.24. The fraction of sp³-hybridized carbons (Fsp3) is 0.500. The Morgan fingerprint density at radius 2 is 1.88 bits per heavy atom. The molecule has 1 aromatic rings. The fourth-order valence-corrected chi connectivity index (χ4v) is 2.38. The number of rotatable bonds is 4. The van der Waals surface area contributed by atoms with Crippen molar-refractivity contribution in [3.63, 3.8) is 0 Å². The van der Waals surface area contributed by atoms with E-state index in [0.717, 1.165) is 11.1 Å². The molecule has 0 bridgehead atoms. The molecule has 0 aliphatic heterocycles. The summed E-state index contributed by atoms with van der Waals surface area (Å²) in [6.07, 6.45) is 0.611. The smallest absolute Gasteiger partial charge is 0.235 e. The Labute approximate surface area is 97.9 Å². The van der Waals surface area contributed by atoms with Gasteiger partial charge in [0.1, 0.15) is 0 Å². The summed E-state index contributed by atoms with van der Waals surface area (Å²) < 4.78 is 26.2. The van der Waals surface area contributed by atoms with Crippen LogP contribution in [0.2, 0.25) is 0 Å². The van der Waals surface area contributed by atoms with E-state index in [0.29, 0.717) is 12.1 Å². The first-order valence-electron chi connectivity index (χ1n) is 5.45. The number of anilines is 1. The molecule has 1 aromatic carbocycles. The van der Waals surface area contributed by atoms with Gasteiger partial charge in [0.25, 0.3) is 0 Å². The van der Waals surface area contributed by atoms with Crippen LogP contribution in [-0.4, -0.2) is 13.7 Å². The number of benzene rings is 1. The molecule has 0 fully saturated rings. The minimum atomic E-state index is -3.24. The van der Waals surface area contributed by atoms with E-state index in [2.05, 4.69) is 4.72 Å². The molecule has 1 atom stereocenters. The van der Waals surface area contributed by atoms with Gasteiger partial charge in [0.2, 0.25) is 10.0 Å². The van der Waals surface area contributed by atoms with Gasteiger partial charge in [-0.15, -0.1) is 0 Å². The summed E-state index contributed by atoms with van der Waals surface area (Å²) in [5.74, 6) is 0. The highest BCUT2D eigenvalue weighted by molar-refractivity contribution is 7.93. The van der Waals surface area contributed by atoms with Gasteiger partial charge >= 0.3 is 0 Å². The van der Waals surface area contributed by atoms with Gasteiger partial charge in [0.05, 0.1) is 5.25 Å². The lowest BCUT2D eigenvalue weighted by molar-refractivity contribution is 0.586. The second-order valence-electron chi connectivity index (χ2n) is 4.16. The summed E-state index contributed by atoms with van der Waals surface area (Å²) in [5, 5.41) is -0.367. The van der Waals surface area contributed by atoms with Crippen LogP contribution in [0.4, 0.5) is 5.69 Å². The first kappa shape index (κ1) is 13.0. The zero-order valence-electron chi connectivity index (χ0n) is 10.2. The number of sulfonamides is 1. The van der Waals surface area contributed by atoms with Crippen molar-refractivity contribution in [3.8, 4) is 0 Å². The third-order valence-electron chi connectivity index (χ3n) is 2.87. The molecule has 1 rings (SSSR count). The molecule has 0 saturated heterocycles. The van der Waals surface area contributed by atoms with E-state index in [1.807, 2.05) is 32.9 Å². The molecule has 0 aliphatic rings. The Morgan fingerprint density at radius 3 is 2.38 bits per heavy atom. The number of hydrogen-bond acceptors (Lipinski definition) is 2. The summed E-state index contributed by atoms with van der Waals surface area (Å²) in [4.78, 5) is 0. The maximum atomic E-state index is 11.8. The molecule has 0 unspecified atom stereocenters. The van der Waals surface area contributed by atoms with Crippen molar-refractivity contribution in [1.82, 2.24) is 0 Å². The lowest BCUT2D eigenvalue weighted by Gasteiger charge is -2.13. The van der Waals surface area contributed by atoms with Gasteiger partial charge in [0, 0.05) is 5.69 Å². The van der Waals surface area contributed by atoms with Crippen LogP contribution in [0.15, 0.2) is 18.2 Å². The fourth-order valence-electron chi connectivity index (χ4n) is 1.29. The lowest BCUT2D eigenvalue weighted by Crippen LogP contribution is -2.24. The number of nitrogens with one attached hydrogen (secondary N) is 1. The third-order valence-corrected chi connectivity index (χ3v) is 4.78. The van der Waals surface area contributed by atoms with Crippen LogP contribution in [-0.2, 0) is 10.0 Å². The molecule has 0 saturated carbocycles. The summed E-state index contributed by atoms with van der Waals surface area (Å²) in [6, 6.07) is 5.57. The van der Waals surface area contributed by atoms with Gasteiger partial charge in [-0.25, -0.2) is 8.42 Å². The topological polar surface area (TPSA) is 46.2 Å². The van der Waals surface area contributed by atoms with E-state index < -0.39 is 10.0 Å². The van der Waals surface area contributed by atoms with E-state index in [-0.39, 0.29) is 5.25 Å². The predicted octanol–water partition coefficient (Wildman–Crippen LogP) is 2.84. The van der Waals surface area contributed by atoms with Crippen molar-refractivity contribution in [3.05, 3.63) is 29.3 Å². The molecule has 0 aromatic heterocycles. The van der Waals surface area contributed by atoms with Gasteiger partial charge in [-0.3, -0.25) is 4.72 Å². The van der Waals surface area contributed by atoms with Crippen LogP contribution in [0.1, 0.15) is 31.4 Å².